The van der Waals surface area contributed by atoms with Gasteiger partial charge in [0.25, 0.3) is 0 Å². The first-order chi connectivity index (χ1) is 9.60. The van der Waals surface area contributed by atoms with E-state index in [1.807, 2.05) is 0 Å². The molecular weight excluding hydrogens is 274 g/mol. The lowest BCUT2D eigenvalue weighted by Crippen LogP contribution is -2.37. The van der Waals surface area contributed by atoms with Crippen LogP contribution in [0.3, 0.4) is 0 Å². The quantitative estimate of drug-likeness (QED) is 0.506. The summed E-state index contributed by atoms with van der Waals surface area (Å²) in [5, 5.41) is 21.1. The van der Waals surface area contributed by atoms with E-state index in [4.69, 9.17) is 4.74 Å². The lowest BCUT2D eigenvalue weighted by atomic mass is 9.99. The predicted molar refractivity (Wildman–Crippen MR) is 75.4 cm³/mol. The maximum Gasteiger partial charge on any atom is 0.307 e. The molecule has 1 aromatic heterocycles. The minimum Gasteiger partial charge on any atom is -0.618 e. The van der Waals surface area contributed by atoms with Gasteiger partial charge in [-0.25, -0.2) is 0 Å². The average Bonchev–Trinajstić information content (AvgIpc) is 2.31. The van der Waals surface area contributed by atoms with Crippen molar-refractivity contribution < 1.29 is 24.2 Å². The number of esters is 1. The minimum atomic E-state index is -1.12. The van der Waals surface area contributed by atoms with Crippen LogP contribution in [0.2, 0.25) is 0 Å². The smallest absolute Gasteiger partial charge is 0.307 e. The second-order valence-electron chi connectivity index (χ2n) is 5.98. The van der Waals surface area contributed by atoms with Crippen molar-refractivity contribution in [2.75, 3.05) is 0 Å². The summed E-state index contributed by atoms with van der Waals surface area (Å²) < 4.78 is 5.81. The van der Waals surface area contributed by atoms with E-state index < -0.39 is 23.5 Å². The number of nitrogens with zero attached hydrogens (tertiary/aromatic N) is 1. The molecule has 0 fully saturated rings. The molecule has 1 heterocycles. The maximum absolute atomic E-state index is 11.8. The molecule has 0 saturated carbocycles. The Labute approximate surface area is 123 Å². The molecule has 21 heavy (non-hydrogen) atoms. The summed E-state index contributed by atoms with van der Waals surface area (Å²) in [4.78, 5) is 23.0. The van der Waals surface area contributed by atoms with Gasteiger partial charge in [0.15, 0.2) is 11.4 Å². The van der Waals surface area contributed by atoms with Crippen molar-refractivity contribution in [2.45, 2.75) is 46.1 Å². The summed E-state index contributed by atoms with van der Waals surface area (Å²) in [7, 11) is 0. The molecule has 1 N–H and O–H groups in total. The summed E-state index contributed by atoms with van der Waals surface area (Å²) in [5.41, 5.74) is 0.141. The summed E-state index contributed by atoms with van der Waals surface area (Å²) in [6.07, 6.45) is -0.277. The molecule has 0 amide bonds. The second-order valence-corrected chi connectivity index (χ2v) is 5.98. The van der Waals surface area contributed by atoms with E-state index in [9.17, 15) is 19.9 Å². The van der Waals surface area contributed by atoms with E-state index in [1.54, 1.807) is 45.9 Å². The number of carbonyl (C=O) groups excluding carboxylic acids is 1. The van der Waals surface area contributed by atoms with E-state index in [0.717, 1.165) is 0 Å². The fraction of sp³-hybridized carbons (Fsp3) is 0.533. The van der Waals surface area contributed by atoms with Gasteiger partial charge in [0.2, 0.25) is 0 Å². The van der Waals surface area contributed by atoms with Gasteiger partial charge in [0.05, 0.1) is 12.3 Å². The van der Waals surface area contributed by atoms with Crippen molar-refractivity contribution in [2.24, 2.45) is 5.92 Å². The highest BCUT2D eigenvalue weighted by molar-refractivity contribution is 5.79. The van der Waals surface area contributed by atoms with E-state index in [2.05, 4.69) is 0 Å². The number of carboxylic acid groups (broad SMARTS) is 1. The first kappa shape index (κ1) is 16.9. The van der Waals surface area contributed by atoms with Crippen LogP contribution in [0.5, 0.6) is 0 Å². The van der Waals surface area contributed by atoms with Crippen LogP contribution in [0.1, 0.15) is 38.6 Å². The van der Waals surface area contributed by atoms with Gasteiger partial charge in [0, 0.05) is 25.5 Å². The third-order valence-corrected chi connectivity index (χ3v) is 2.85. The summed E-state index contributed by atoms with van der Waals surface area (Å²) in [5.74, 6) is -2.69. The third-order valence-electron chi connectivity index (χ3n) is 2.85. The number of aryl methyl sites for hydroxylation is 1. The Hall–Kier alpha value is -2.11. The Morgan fingerprint density at radius 3 is 2.52 bits per heavy atom. The van der Waals surface area contributed by atoms with E-state index in [1.165, 1.54) is 0 Å². The number of aromatic nitrogens is 1. The van der Waals surface area contributed by atoms with Gasteiger partial charge in [-0.05, 0) is 26.8 Å². The molecular formula is C15H21NO5. The van der Waals surface area contributed by atoms with Crippen LogP contribution in [0.4, 0.5) is 0 Å². The van der Waals surface area contributed by atoms with E-state index in [0.29, 0.717) is 16.1 Å². The third kappa shape index (κ3) is 5.41. The number of hydrogen-bond acceptors (Lipinski definition) is 4. The standard InChI is InChI=1S/C15H21NO5/c1-10-6-5-7-12(16(10)20)8-11(14(18)19)9-13(17)21-15(2,3)4/h5-7,11H,8-9H2,1-4H3,(H,18,19). The molecule has 0 aliphatic rings. The zero-order chi connectivity index (χ0) is 16.2. The zero-order valence-corrected chi connectivity index (χ0v) is 12.8. The van der Waals surface area contributed by atoms with Gasteiger partial charge in [-0.3, -0.25) is 9.59 Å². The highest BCUT2D eigenvalue weighted by atomic mass is 16.6. The van der Waals surface area contributed by atoms with Gasteiger partial charge >= 0.3 is 11.9 Å². The molecule has 6 heteroatoms. The Kier molecular flexibility index (Phi) is 5.29. The molecule has 0 bridgehead atoms. The number of rotatable bonds is 5. The first-order valence-electron chi connectivity index (χ1n) is 6.73. The number of ether oxygens (including phenoxy) is 1. The van der Waals surface area contributed by atoms with Gasteiger partial charge in [-0.2, -0.15) is 4.73 Å². The molecule has 1 atom stereocenters. The van der Waals surface area contributed by atoms with E-state index in [-0.39, 0.29) is 12.8 Å². The topological polar surface area (TPSA) is 90.5 Å². The van der Waals surface area contributed by atoms with Gasteiger partial charge < -0.3 is 15.1 Å². The van der Waals surface area contributed by atoms with Gasteiger partial charge in [-0.1, -0.05) is 0 Å². The fourth-order valence-electron chi connectivity index (χ4n) is 1.89. The SMILES string of the molecule is Cc1cccc(CC(CC(=O)OC(C)(C)C)C(=O)O)[n+]1[O-]. The molecule has 116 valence electrons. The molecule has 0 spiro atoms. The summed E-state index contributed by atoms with van der Waals surface area (Å²) in [6, 6.07) is 4.89. The lowest BCUT2D eigenvalue weighted by Gasteiger charge is -2.20. The van der Waals surface area contributed by atoms with Crippen LogP contribution in [-0.2, 0) is 20.7 Å². The van der Waals surface area contributed by atoms with Crippen LogP contribution in [0.15, 0.2) is 18.2 Å². The Morgan fingerprint density at radius 2 is 2.00 bits per heavy atom. The molecule has 1 unspecified atom stereocenters. The first-order valence-corrected chi connectivity index (χ1v) is 6.73. The second kappa shape index (κ2) is 6.56. The molecule has 0 radical (unpaired) electrons. The molecule has 0 aliphatic heterocycles. The fourth-order valence-corrected chi connectivity index (χ4v) is 1.89. The minimum absolute atomic E-state index is 0.0141. The monoisotopic (exact) mass is 295 g/mol. The Balaban J connectivity index is 2.82. The number of carbonyl (C=O) groups is 2. The van der Waals surface area contributed by atoms with Gasteiger partial charge in [0.1, 0.15) is 5.60 Å². The van der Waals surface area contributed by atoms with Crippen LogP contribution in [-0.4, -0.2) is 22.6 Å². The average molecular weight is 295 g/mol. The van der Waals surface area contributed by atoms with Crippen LogP contribution >= 0.6 is 0 Å². The van der Waals surface area contributed by atoms with Crippen molar-refractivity contribution in [1.82, 2.24) is 0 Å². The van der Waals surface area contributed by atoms with Crippen LogP contribution in [0.25, 0.3) is 0 Å². The number of pyridine rings is 1. The molecule has 6 nitrogen and oxygen atoms in total. The van der Waals surface area contributed by atoms with Gasteiger partial charge in [-0.15, -0.1) is 0 Å². The highest BCUT2D eigenvalue weighted by Crippen LogP contribution is 2.15. The van der Waals surface area contributed by atoms with Crippen molar-refractivity contribution in [3.8, 4) is 0 Å². The highest BCUT2D eigenvalue weighted by Gasteiger charge is 2.27. The Bertz CT molecular complexity index is 533. The number of hydrogen-bond donors (Lipinski definition) is 1. The summed E-state index contributed by atoms with van der Waals surface area (Å²) >= 11 is 0. The molecule has 1 aromatic rings. The molecule has 0 aromatic carbocycles. The largest absolute Gasteiger partial charge is 0.618 e. The Morgan fingerprint density at radius 1 is 1.38 bits per heavy atom. The lowest BCUT2D eigenvalue weighted by molar-refractivity contribution is -0.621. The summed E-state index contributed by atoms with van der Waals surface area (Å²) in [6.45, 7) is 6.78. The van der Waals surface area contributed by atoms with E-state index >= 15 is 0 Å². The maximum atomic E-state index is 11.8. The van der Waals surface area contributed by atoms with Crippen LogP contribution < -0.4 is 4.73 Å². The molecule has 1 rings (SSSR count). The number of aliphatic carboxylic acids is 1. The molecule has 0 aliphatic carbocycles. The number of carboxylic acids is 1. The predicted octanol–water partition coefficient (Wildman–Crippen LogP) is 1.60. The normalized spacial score (nSPS) is 12.8. The van der Waals surface area contributed by atoms with Crippen molar-refractivity contribution in [3.63, 3.8) is 0 Å². The zero-order valence-electron chi connectivity index (χ0n) is 12.8. The van der Waals surface area contributed by atoms with Crippen molar-refractivity contribution in [3.05, 3.63) is 34.8 Å². The van der Waals surface area contributed by atoms with Crippen molar-refractivity contribution in [1.29, 1.82) is 0 Å². The molecule has 0 saturated heterocycles. The van der Waals surface area contributed by atoms with Crippen molar-refractivity contribution >= 4 is 11.9 Å². The van der Waals surface area contributed by atoms with Crippen LogP contribution in [0, 0.1) is 18.0 Å².